The van der Waals surface area contributed by atoms with E-state index in [1.54, 1.807) is 18.0 Å². The van der Waals surface area contributed by atoms with Crippen LogP contribution in [0.4, 0.5) is 0 Å². The monoisotopic (exact) mass is 253 g/mol. The third-order valence-electron chi connectivity index (χ3n) is 2.25. The SMILES string of the molecule is Cn1c(CCl)cnc1SCc1ccccn1. The molecule has 2 rings (SSSR count). The summed E-state index contributed by atoms with van der Waals surface area (Å²) in [7, 11) is 1.98. The van der Waals surface area contributed by atoms with Crippen LogP contribution in [0.25, 0.3) is 0 Å². The number of nitrogens with zero attached hydrogens (tertiary/aromatic N) is 3. The molecule has 0 amide bonds. The molecule has 84 valence electrons. The summed E-state index contributed by atoms with van der Waals surface area (Å²) in [5.74, 6) is 1.32. The van der Waals surface area contributed by atoms with E-state index in [0.29, 0.717) is 5.88 Å². The summed E-state index contributed by atoms with van der Waals surface area (Å²) in [6.45, 7) is 0. The Labute approximate surface area is 104 Å². The fourth-order valence-corrected chi connectivity index (χ4v) is 2.44. The van der Waals surface area contributed by atoms with Gasteiger partial charge < -0.3 is 4.57 Å². The van der Waals surface area contributed by atoms with Crippen LogP contribution in [0, 0.1) is 0 Å². The van der Waals surface area contributed by atoms with E-state index in [2.05, 4.69) is 9.97 Å². The molecule has 16 heavy (non-hydrogen) atoms. The van der Waals surface area contributed by atoms with Gasteiger partial charge in [0.2, 0.25) is 0 Å². The molecule has 3 nitrogen and oxygen atoms in total. The lowest BCUT2D eigenvalue weighted by atomic mass is 10.4. The number of halogens is 1. The van der Waals surface area contributed by atoms with Gasteiger partial charge in [-0.1, -0.05) is 17.8 Å². The summed E-state index contributed by atoms with van der Waals surface area (Å²) >= 11 is 7.45. The molecular weight excluding hydrogens is 242 g/mol. The van der Waals surface area contributed by atoms with Crippen molar-refractivity contribution in [1.82, 2.24) is 14.5 Å². The smallest absolute Gasteiger partial charge is 0.168 e. The van der Waals surface area contributed by atoms with Gasteiger partial charge in [0, 0.05) is 19.0 Å². The largest absolute Gasteiger partial charge is 0.325 e. The first-order valence-corrected chi connectivity index (χ1v) is 6.42. The number of hydrogen-bond acceptors (Lipinski definition) is 3. The van der Waals surface area contributed by atoms with Crippen LogP contribution in [0.2, 0.25) is 0 Å². The maximum absolute atomic E-state index is 5.78. The Morgan fingerprint density at radius 1 is 1.38 bits per heavy atom. The highest BCUT2D eigenvalue weighted by Gasteiger charge is 2.06. The molecule has 0 aliphatic heterocycles. The van der Waals surface area contributed by atoms with E-state index in [1.165, 1.54) is 0 Å². The van der Waals surface area contributed by atoms with Gasteiger partial charge in [-0.05, 0) is 12.1 Å². The molecular formula is C11H12ClN3S. The minimum Gasteiger partial charge on any atom is -0.325 e. The number of thioether (sulfide) groups is 1. The van der Waals surface area contributed by atoms with Gasteiger partial charge in [0.05, 0.1) is 23.5 Å². The Bertz CT molecular complexity index is 456. The van der Waals surface area contributed by atoms with Gasteiger partial charge in [0.25, 0.3) is 0 Å². The molecule has 5 heteroatoms. The van der Waals surface area contributed by atoms with Crippen LogP contribution in [-0.2, 0) is 18.7 Å². The van der Waals surface area contributed by atoms with E-state index in [1.807, 2.05) is 36.0 Å². The quantitative estimate of drug-likeness (QED) is 0.620. The lowest BCUT2D eigenvalue weighted by molar-refractivity contribution is 0.760. The number of imidazole rings is 1. The van der Waals surface area contributed by atoms with Crippen LogP contribution in [0.5, 0.6) is 0 Å². The van der Waals surface area contributed by atoms with Crippen molar-refractivity contribution < 1.29 is 0 Å². The van der Waals surface area contributed by atoms with Gasteiger partial charge in [-0.25, -0.2) is 4.98 Å². The number of pyridine rings is 1. The zero-order valence-corrected chi connectivity index (χ0v) is 10.5. The second kappa shape index (κ2) is 5.37. The van der Waals surface area contributed by atoms with Crippen molar-refractivity contribution in [2.45, 2.75) is 16.8 Å². The molecule has 0 spiro atoms. The lowest BCUT2D eigenvalue weighted by Gasteiger charge is -2.03. The molecule has 0 saturated carbocycles. The molecule has 0 N–H and O–H groups in total. The predicted molar refractivity (Wildman–Crippen MR) is 66.6 cm³/mol. The maximum Gasteiger partial charge on any atom is 0.168 e. The molecule has 0 aliphatic carbocycles. The van der Waals surface area contributed by atoms with Crippen molar-refractivity contribution in [3.8, 4) is 0 Å². The Balaban J connectivity index is 2.02. The van der Waals surface area contributed by atoms with Crippen molar-refractivity contribution in [1.29, 1.82) is 0 Å². The van der Waals surface area contributed by atoms with Crippen molar-refractivity contribution in [3.63, 3.8) is 0 Å². The maximum atomic E-state index is 5.78. The molecule has 2 aromatic rings. The Hall–Kier alpha value is -1.00. The van der Waals surface area contributed by atoms with Crippen LogP contribution in [0.3, 0.4) is 0 Å². The summed E-state index contributed by atoms with van der Waals surface area (Å²) in [6.07, 6.45) is 3.62. The van der Waals surface area contributed by atoms with Crippen LogP contribution in [0.1, 0.15) is 11.4 Å². The third-order valence-corrected chi connectivity index (χ3v) is 3.61. The third kappa shape index (κ3) is 2.57. The molecule has 0 unspecified atom stereocenters. The van der Waals surface area contributed by atoms with Gasteiger partial charge in [0.1, 0.15) is 0 Å². The number of rotatable bonds is 4. The zero-order valence-electron chi connectivity index (χ0n) is 8.93. The van der Waals surface area contributed by atoms with Gasteiger partial charge in [-0.15, -0.1) is 11.6 Å². The van der Waals surface area contributed by atoms with Crippen LogP contribution in [-0.4, -0.2) is 14.5 Å². The Morgan fingerprint density at radius 2 is 2.25 bits per heavy atom. The van der Waals surface area contributed by atoms with Gasteiger partial charge in [0.15, 0.2) is 5.16 Å². The van der Waals surface area contributed by atoms with Gasteiger partial charge in [-0.3, -0.25) is 4.98 Å². The summed E-state index contributed by atoms with van der Waals surface area (Å²) in [5, 5.41) is 0.973. The Kier molecular flexibility index (Phi) is 3.85. The standard InChI is InChI=1S/C11H12ClN3S/c1-15-10(6-12)7-14-11(15)16-8-9-4-2-3-5-13-9/h2-5,7H,6,8H2,1H3. The first-order chi connectivity index (χ1) is 7.81. The van der Waals surface area contributed by atoms with E-state index in [4.69, 9.17) is 11.6 Å². The predicted octanol–water partition coefficient (Wildman–Crippen LogP) is 2.85. The van der Waals surface area contributed by atoms with Crippen molar-refractivity contribution in [2.75, 3.05) is 0 Å². The normalized spacial score (nSPS) is 10.6. The van der Waals surface area contributed by atoms with E-state index >= 15 is 0 Å². The fraction of sp³-hybridized carbons (Fsp3) is 0.273. The highest BCUT2D eigenvalue weighted by atomic mass is 35.5. The molecule has 0 aromatic carbocycles. The summed E-state index contributed by atoms with van der Waals surface area (Å²) in [6, 6.07) is 5.92. The highest BCUT2D eigenvalue weighted by molar-refractivity contribution is 7.98. The minimum atomic E-state index is 0.494. The first kappa shape index (κ1) is 11.5. The molecule has 2 heterocycles. The minimum absolute atomic E-state index is 0.494. The molecule has 0 saturated heterocycles. The topological polar surface area (TPSA) is 30.7 Å². The second-order valence-corrected chi connectivity index (χ2v) is 4.54. The second-order valence-electron chi connectivity index (χ2n) is 3.33. The highest BCUT2D eigenvalue weighted by Crippen LogP contribution is 2.21. The summed E-state index contributed by atoms with van der Waals surface area (Å²) < 4.78 is 2.01. The van der Waals surface area contributed by atoms with Gasteiger partial charge in [-0.2, -0.15) is 0 Å². The van der Waals surface area contributed by atoms with Gasteiger partial charge >= 0.3 is 0 Å². The number of aromatic nitrogens is 3. The van der Waals surface area contributed by atoms with Crippen LogP contribution < -0.4 is 0 Å². The lowest BCUT2D eigenvalue weighted by Crippen LogP contribution is -1.96. The van der Waals surface area contributed by atoms with Crippen molar-refractivity contribution >= 4 is 23.4 Å². The summed E-state index contributed by atoms with van der Waals surface area (Å²) in [5.41, 5.74) is 2.09. The number of hydrogen-bond donors (Lipinski definition) is 0. The van der Waals surface area contributed by atoms with E-state index in [0.717, 1.165) is 22.3 Å². The van der Waals surface area contributed by atoms with E-state index in [9.17, 15) is 0 Å². The number of alkyl halides is 1. The average Bonchev–Trinajstić information content (AvgIpc) is 2.69. The molecule has 2 aromatic heterocycles. The zero-order chi connectivity index (χ0) is 11.4. The Morgan fingerprint density at radius 3 is 2.88 bits per heavy atom. The van der Waals surface area contributed by atoms with Crippen LogP contribution >= 0.6 is 23.4 Å². The molecule has 0 aliphatic rings. The molecule has 0 fully saturated rings. The van der Waals surface area contributed by atoms with E-state index in [-0.39, 0.29) is 0 Å². The first-order valence-electron chi connectivity index (χ1n) is 4.90. The fourth-order valence-electron chi connectivity index (χ4n) is 1.31. The molecule has 0 atom stereocenters. The summed E-state index contributed by atoms with van der Waals surface area (Å²) in [4.78, 5) is 8.58. The molecule has 0 bridgehead atoms. The van der Waals surface area contributed by atoms with Crippen LogP contribution in [0.15, 0.2) is 35.7 Å². The van der Waals surface area contributed by atoms with E-state index < -0.39 is 0 Å². The van der Waals surface area contributed by atoms with Crippen molar-refractivity contribution in [2.24, 2.45) is 7.05 Å². The molecule has 0 radical (unpaired) electrons. The van der Waals surface area contributed by atoms with Crippen molar-refractivity contribution in [3.05, 3.63) is 42.0 Å². The average molecular weight is 254 g/mol.